The van der Waals surface area contributed by atoms with Gasteiger partial charge < -0.3 is 10.6 Å². The highest BCUT2D eigenvalue weighted by atomic mass is 15.2. The molecule has 1 saturated heterocycles. The van der Waals surface area contributed by atoms with Gasteiger partial charge in [0.15, 0.2) is 0 Å². The van der Waals surface area contributed by atoms with Crippen molar-refractivity contribution in [1.29, 1.82) is 0 Å². The molecule has 0 aromatic carbocycles. The lowest BCUT2D eigenvalue weighted by Gasteiger charge is -2.32. The van der Waals surface area contributed by atoms with Gasteiger partial charge in [-0.2, -0.15) is 0 Å². The molecule has 0 spiro atoms. The van der Waals surface area contributed by atoms with Crippen molar-refractivity contribution in [2.45, 2.75) is 26.3 Å². The number of hydrogen-bond acceptors (Lipinski definition) is 4. The zero-order valence-corrected chi connectivity index (χ0v) is 9.19. The predicted molar refractivity (Wildman–Crippen MR) is 60.5 cm³/mol. The van der Waals surface area contributed by atoms with Crippen LogP contribution in [0.15, 0.2) is 12.5 Å². The lowest BCUT2D eigenvalue weighted by Crippen LogP contribution is -2.34. The molecule has 4 nitrogen and oxygen atoms in total. The number of anilines is 1. The summed E-state index contributed by atoms with van der Waals surface area (Å²) in [7, 11) is 0. The van der Waals surface area contributed by atoms with Crippen LogP contribution in [0.25, 0.3) is 0 Å². The van der Waals surface area contributed by atoms with Crippen LogP contribution in [0.3, 0.4) is 0 Å². The van der Waals surface area contributed by atoms with Gasteiger partial charge in [-0.25, -0.2) is 9.97 Å². The number of rotatable bonds is 2. The van der Waals surface area contributed by atoms with Gasteiger partial charge in [0.05, 0.1) is 0 Å². The standard InChI is InChI=1S/C11H18N4/c1-9-2-4-15(5-3-9)11-10(6-12)7-13-8-14-11/h7-9H,2-6,12H2,1H3. The molecule has 1 aliphatic heterocycles. The second-order valence-corrected chi connectivity index (χ2v) is 4.25. The lowest BCUT2D eigenvalue weighted by atomic mass is 9.99. The fourth-order valence-electron chi connectivity index (χ4n) is 2.00. The first-order valence-electron chi connectivity index (χ1n) is 5.55. The molecule has 0 radical (unpaired) electrons. The van der Waals surface area contributed by atoms with E-state index in [1.165, 1.54) is 12.8 Å². The fourth-order valence-corrected chi connectivity index (χ4v) is 2.00. The molecule has 0 saturated carbocycles. The SMILES string of the molecule is CC1CCN(c2ncncc2CN)CC1. The second-order valence-electron chi connectivity index (χ2n) is 4.25. The van der Waals surface area contributed by atoms with Crippen LogP contribution in [0.2, 0.25) is 0 Å². The summed E-state index contributed by atoms with van der Waals surface area (Å²) in [6.07, 6.45) is 5.91. The summed E-state index contributed by atoms with van der Waals surface area (Å²) in [5.74, 6) is 1.86. The summed E-state index contributed by atoms with van der Waals surface area (Å²) in [6, 6.07) is 0. The molecule has 1 aromatic heterocycles. The quantitative estimate of drug-likeness (QED) is 0.789. The fraction of sp³-hybridized carbons (Fsp3) is 0.636. The van der Waals surface area contributed by atoms with Gasteiger partial charge in [-0.1, -0.05) is 6.92 Å². The van der Waals surface area contributed by atoms with Crippen LogP contribution < -0.4 is 10.6 Å². The van der Waals surface area contributed by atoms with Gasteiger partial charge in [0.1, 0.15) is 12.1 Å². The molecular weight excluding hydrogens is 188 g/mol. The normalized spacial score (nSPS) is 18.1. The molecule has 0 unspecified atom stereocenters. The molecule has 2 N–H and O–H groups in total. The first kappa shape index (κ1) is 10.4. The predicted octanol–water partition coefficient (Wildman–Crippen LogP) is 1.17. The number of piperidine rings is 1. The Balaban J connectivity index is 2.15. The maximum Gasteiger partial charge on any atom is 0.136 e. The third-order valence-electron chi connectivity index (χ3n) is 3.07. The molecule has 4 heteroatoms. The van der Waals surface area contributed by atoms with Crippen LogP contribution in [0, 0.1) is 5.92 Å². The summed E-state index contributed by atoms with van der Waals surface area (Å²) >= 11 is 0. The van der Waals surface area contributed by atoms with Crippen molar-refractivity contribution in [3.8, 4) is 0 Å². The Kier molecular flexibility index (Phi) is 3.16. The molecule has 82 valence electrons. The molecule has 2 heterocycles. The van der Waals surface area contributed by atoms with Crippen LogP contribution in [-0.2, 0) is 6.54 Å². The van der Waals surface area contributed by atoms with E-state index in [2.05, 4.69) is 21.8 Å². The van der Waals surface area contributed by atoms with Crippen LogP contribution in [-0.4, -0.2) is 23.1 Å². The molecule has 1 fully saturated rings. The lowest BCUT2D eigenvalue weighted by molar-refractivity contribution is 0.436. The van der Waals surface area contributed by atoms with Gasteiger partial charge in [-0.15, -0.1) is 0 Å². The maximum absolute atomic E-state index is 5.68. The molecule has 2 rings (SSSR count). The Morgan fingerprint density at radius 1 is 1.47 bits per heavy atom. The molecule has 15 heavy (non-hydrogen) atoms. The largest absolute Gasteiger partial charge is 0.356 e. The van der Waals surface area contributed by atoms with Crippen LogP contribution >= 0.6 is 0 Å². The highest BCUT2D eigenvalue weighted by Gasteiger charge is 2.18. The van der Waals surface area contributed by atoms with Crippen LogP contribution in [0.1, 0.15) is 25.3 Å². The molecule has 0 amide bonds. The zero-order chi connectivity index (χ0) is 10.7. The number of aromatic nitrogens is 2. The highest BCUT2D eigenvalue weighted by molar-refractivity contribution is 5.45. The van der Waals surface area contributed by atoms with Gasteiger partial charge in [-0.05, 0) is 18.8 Å². The minimum Gasteiger partial charge on any atom is -0.356 e. The summed E-state index contributed by atoms with van der Waals surface area (Å²) in [6.45, 7) is 5.00. The highest BCUT2D eigenvalue weighted by Crippen LogP contribution is 2.23. The summed E-state index contributed by atoms with van der Waals surface area (Å²) in [5, 5.41) is 0. The van der Waals surface area contributed by atoms with E-state index in [9.17, 15) is 0 Å². The topological polar surface area (TPSA) is 55.0 Å². The molecule has 0 atom stereocenters. The third-order valence-corrected chi connectivity index (χ3v) is 3.07. The van der Waals surface area contributed by atoms with Gasteiger partial charge in [0, 0.05) is 31.4 Å². The van der Waals surface area contributed by atoms with E-state index in [0.717, 1.165) is 30.4 Å². The molecule has 0 bridgehead atoms. The molecular formula is C11H18N4. The monoisotopic (exact) mass is 206 g/mol. The van der Waals surface area contributed by atoms with Crippen molar-refractivity contribution in [1.82, 2.24) is 9.97 Å². The van der Waals surface area contributed by atoms with Crippen molar-refractivity contribution >= 4 is 5.82 Å². The van der Waals surface area contributed by atoms with Crippen LogP contribution in [0.5, 0.6) is 0 Å². The van der Waals surface area contributed by atoms with Gasteiger partial charge in [0.2, 0.25) is 0 Å². The number of nitrogens with zero attached hydrogens (tertiary/aromatic N) is 3. The van der Waals surface area contributed by atoms with Crippen molar-refractivity contribution in [3.05, 3.63) is 18.1 Å². The molecule has 1 aliphatic rings. The Bertz CT molecular complexity index is 318. The summed E-state index contributed by atoms with van der Waals surface area (Å²) in [4.78, 5) is 10.7. The van der Waals surface area contributed by atoms with E-state index < -0.39 is 0 Å². The number of hydrogen-bond donors (Lipinski definition) is 1. The van der Waals surface area contributed by atoms with E-state index in [1.54, 1.807) is 6.33 Å². The summed E-state index contributed by atoms with van der Waals surface area (Å²) < 4.78 is 0. The van der Waals surface area contributed by atoms with Crippen LogP contribution in [0.4, 0.5) is 5.82 Å². The summed E-state index contributed by atoms with van der Waals surface area (Å²) in [5.41, 5.74) is 6.73. The molecule has 0 aliphatic carbocycles. The third kappa shape index (κ3) is 2.26. The van der Waals surface area contributed by atoms with Gasteiger partial charge in [-0.3, -0.25) is 0 Å². The Morgan fingerprint density at radius 2 is 2.20 bits per heavy atom. The van der Waals surface area contributed by atoms with E-state index in [1.807, 2.05) is 6.20 Å². The van der Waals surface area contributed by atoms with Crippen molar-refractivity contribution in [3.63, 3.8) is 0 Å². The molecule has 1 aromatic rings. The average Bonchev–Trinajstić information content (AvgIpc) is 2.30. The first-order chi connectivity index (χ1) is 7.31. The van der Waals surface area contributed by atoms with Crippen molar-refractivity contribution < 1.29 is 0 Å². The van der Waals surface area contributed by atoms with Gasteiger partial charge in [0.25, 0.3) is 0 Å². The minimum absolute atomic E-state index is 0.516. The second kappa shape index (κ2) is 4.57. The average molecular weight is 206 g/mol. The first-order valence-corrected chi connectivity index (χ1v) is 5.55. The van der Waals surface area contributed by atoms with E-state index in [4.69, 9.17) is 5.73 Å². The minimum atomic E-state index is 0.516. The maximum atomic E-state index is 5.68. The van der Waals surface area contributed by atoms with E-state index in [-0.39, 0.29) is 0 Å². The Hall–Kier alpha value is -1.16. The van der Waals surface area contributed by atoms with E-state index in [0.29, 0.717) is 6.54 Å². The van der Waals surface area contributed by atoms with Crippen molar-refractivity contribution in [2.75, 3.05) is 18.0 Å². The van der Waals surface area contributed by atoms with E-state index >= 15 is 0 Å². The Morgan fingerprint density at radius 3 is 2.87 bits per heavy atom. The van der Waals surface area contributed by atoms with Gasteiger partial charge >= 0.3 is 0 Å². The number of nitrogens with two attached hydrogens (primary N) is 1. The smallest absolute Gasteiger partial charge is 0.136 e. The Labute approximate surface area is 90.5 Å². The van der Waals surface area contributed by atoms with Crippen molar-refractivity contribution in [2.24, 2.45) is 11.7 Å². The zero-order valence-electron chi connectivity index (χ0n) is 9.19.